The molecule has 1 atom stereocenters. The topological polar surface area (TPSA) is 39.2 Å². The molecule has 0 fully saturated rings. The summed E-state index contributed by atoms with van der Waals surface area (Å²) in [5.74, 6) is -0.0179. The van der Waals surface area contributed by atoms with Crippen LogP contribution < -0.4 is 0 Å². The minimum atomic E-state index is -0.0581. The van der Waals surface area contributed by atoms with Crippen LogP contribution in [0.1, 0.15) is 36.9 Å². The molecule has 4 heteroatoms. The van der Waals surface area contributed by atoms with E-state index in [9.17, 15) is 4.79 Å². The first-order chi connectivity index (χ1) is 8.20. The molecule has 0 aromatic carbocycles. The van der Waals surface area contributed by atoms with Gasteiger partial charge in [-0.05, 0) is 38.7 Å². The molecule has 0 N–H and O–H groups in total. The number of esters is 1. The monoisotopic (exact) mass is 251 g/mol. The number of allylic oxidation sites excluding steroid dienone is 2. The molecule has 0 spiro atoms. The molecule has 1 aliphatic carbocycles. The average molecular weight is 251 g/mol. The predicted octanol–water partition coefficient (Wildman–Crippen LogP) is 3.20. The Kier molecular flexibility index (Phi) is 3.94. The number of hydrogen-bond acceptors (Lipinski definition) is 4. The first-order valence-electron chi connectivity index (χ1n) is 5.99. The summed E-state index contributed by atoms with van der Waals surface area (Å²) >= 11 is 1.67. The average Bonchev–Trinajstić information content (AvgIpc) is 2.76. The Balaban J connectivity index is 2.00. The number of carbonyl (C=O) groups excluding carboxylic acids is 1. The van der Waals surface area contributed by atoms with Gasteiger partial charge in [0.15, 0.2) is 0 Å². The maximum atomic E-state index is 11.6. The number of hydrogen-bond donors (Lipinski definition) is 0. The Morgan fingerprint density at radius 1 is 1.65 bits per heavy atom. The molecule has 0 aliphatic heterocycles. The van der Waals surface area contributed by atoms with Crippen molar-refractivity contribution in [3.8, 4) is 0 Å². The molecule has 0 unspecified atom stereocenters. The number of rotatable bonds is 3. The van der Waals surface area contributed by atoms with E-state index in [0.717, 1.165) is 30.0 Å². The van der Waals surface area contributed by atoms with Gasteiger partial charge in [0, 0.05) is 5.38 Å². The second-order valence-electron chi connectivity index (χ2n) is 4.20. The third kappa shape index (κ3) is 2.94. The molecule has 0 radical (unpaired) electrons. The first kappa shape index (κ1) is 12.3. The molecule has 0 saturated heterocycles. The lowest BCUT2D eigenvalue weighted by Gasteiger charge is -2.19. The van der Waals surface area contributed by atoms with E-state index in [4.69, 9.17) is 4.74 Å². The Hall–Kier alpha value is -1.16. The SMILES string of the molecule is CCOC(=O)[C@@H]1CC=C(c2csc(C)n2)CC1. The van der Waals surface area contributed by atoms with Crippen molar-refractivity contribution in [2.45, 2.75) is 33.1 Å². The van der Waals surface area contributed by atoms with E-state index in [2.05, 4.69) is 16.4 Å². The van der Waals surface area contributed by atoms with Crippen molar-refractivity contribution < 1.29 is 9.53 Å². The summed E-state index contributed by atoms with van der Waals surface area (Å²) in [6, 6.07) is 0. The Morgan fingerprint density at radius 2 is 2.47 bits per heavy atom. The maximum Gasteiger partial charge on any atom is 0.309 e. The second kappa shape index (κ2) is 5.45. The van der Waals surface area contributed by atoms with Gasteiger partial charge < -0.3 is 4.74 Å². The summed E-state index contributed by atoms with van der Waals surface area (Å²) in [5.41, 5.74) is 2.35. The minimum Gasteiger partial charge on any atom is -0.466 e. The molecule has 1 aromatic heterocycles. The van der Waals surface area contributed by atoms with E-state index < -0.39 is 0 Å². The van der Waals surface area contributed by atoms with Crippen molar-refractivity contribution in [1.82, 2.24) is 4.98 Å². The van der Waals surface area contributed by atoms with E-state index in [1.54, 1.807) is 11.3 Å². The van der Waals surface area contributed by atoms with E-state index in [1.807, 2.05) is 13.8 Å². The Morgan fingerprint density at radius 3 is 3.00 bits per heavy atom. The van der Waals surface area contributed by atoms with Gasteiger partial charge in [-0.2, -0.15) is 0 Å². The fraction of sp³-hybridized carbons (Fsp3) is 0.538. The summed E-state index contributed by atoms with van der Waals surface area (Å²) in [4.78, 5) is 16.1. The quantitative estimate of drug-likeness (QED) is 0.774. The molecule has 0 saturated carbocycles. The fourth-order valence-electron chi connectivity index (χ4n) is 2.05. The molecule has 1 aliphatic rings. The van der Waals surface area contributed by atoms with Crippen LogP contribution >= 0.6 is 11.3 Å². The van der Waals surface area contributed by atoms with Crippen LogP contribution in [0.25, 0.3) is 5.57 Å². The number of carbonyl (C=O) groups is 1. The summed E-state index contributed by atoms with van der Waals surface area (Å²) in [6.07, 6.45) is 4.72. The van der Waals surface area contributed by atoms with Gasteiger partial charge in [-0.25, -0.2) is 4.98 Å². The van der Waals surface area contributed by atoms with Crippen molar-refractivity contribution in [3.63, 3.8) is 0 Å². The third-order valence-corrected chi connectivity index (χ3v) is 3.75. The smallest absolute Gasteiger partial charge is 0.309 e. The van der Waals surface area contributed by atoms with Crippen LogP contribution in [0.15, 0.2) is 11.5 Å². The van der Waals surface area contributed by atoms with Crippen LogP contribution in [0.3, 0.4) is 0 Å². The predicted molar refractivity (Wildman–Crippen MR) is 68.8 cm³/mol. The summed E-state index contributed by atoms with van der Waals surface area (Å²) in [7, 11) is 0. The van der Waals surface area contributed by atoms with Crippen LogP contribution in [-0.2, 0) is 9.53 Å². The molecular formula is C13H17NO2S. The van der Waals surface area contributed by atoms with Gasteiger partial charge >= 0.3 is 5.97 Å². The van der Waals surface area contributed by atoms with Crippen LogP contribution in [0.4, 0.5) is 0 Å². The van der Waals surface area contributed by atoms with Crippen molar-refractivity contribution in [3.05, 3.63) is 22.2 Å². The van der Waals surface area contributed by atoms with Gasteiger partial charge in [0.05, 0.1) is 23.2 Å². The van der Waals surface area contributed by atoms with Gasteiger partial charge in [0.2, 0.25) is 0 Å². The standard InChI is InChI=1S/C13H17NO2S/c1-3-16-13(15)11-6-4-10(5-7-11)12-8-17-9(2)14-12/h4,8,11H,3,5-7H2,1-2H3/t11-/m1/s1. The molecule has 92 valence electrons. The lowest BCUT2D eigenvalue weighted by Crippen LogP contribution is -2.19. The molecule has 1 heterocycles. The lowest BCUT2D eigenvalue weighted by molar-refractivity contribution is -0.148. The Bertz CT molecular complexity index is 436. The fourth-order valence-corrected chi connectivity index (χ4v) is 2.69. The molecular weight excluding hydrogens is 234 g/mol. The largest absolute Gasteiger partial charge is 0.466 e. The van der Waals surface area contributed by atoms with Crippen LogP contribution in [-0.4, -0.2) is 17.6 Å². The lowest BCUT2D eigenvalue weighted by atomic mass is 9.88. The number of thiazole rings is 1. The molecule has 17 heavy (non-hydrogen) atoms. The minimum absolute atomic E-state index is 0.0402. The molecule has 0 amide bonds. The number of aromatic nitrogens is 1. The molecule has 0 bridgehead atoms. The van der Waals surface area contributed by atoms with Gasteiger partial charge in [-0.1, -0.05) is 6.08 Å². The Labute approximate surface area is 106 Å². The van der Waals surface area contributed by atoms with Crippen LogP contribution in [0, 0.1) is 12.8 Å². The summed E-state index contributed by atoms with van der Waals surface area (Å²) in [5, 5.41) is 3.18. The highest BCUT2D eigenvalue weighted by molar-refractivity contribution is 7.09. The second-order valence-corrected chi connectivity index (χ2v) is 5.27. The highest BCUT2D eigenvalue weighted by Crippen LogP contribution is 2.31. The van der Waals surface area contributed by atoms with Crippen molar-refractivity contribution in [1.29, 1.82) is 0 Å². The highest BCUT2D eigenvalue weighted by atomic mass is 32.1. The summed E-state index contributed by atoms with van der Waals surface area (Å²) in [6.45, 7) is 4.33. The zero-order valence-electron chi connectivity index (χ0n) is 10.2. The number of aryl methyl sites for hydroxylation is 1. The highest BCUT2D eigenvalue weighted by Gasteiger charge is 2.23. The van der Waals surface area contributed by atoms with Crippen molar-refractivity contribution >= 4 is 22.9 Å². The van der Waals surface area contributed by atoms with Crippen LogP contribution in [0.2, 0.25) is 0 Å². The zero-order chi connectivity index (χ0) is 12.3. The van der Waals surface area contributed by atoms with Crippen molar-refractivity contribution in [2.24, 2.45) is 5.92 Å². The van der Waals surface area contributed by atoms with Gasteiger partial charge in [-0.15, -0.1) is 11.3 Å². The molecule has 1 aromatic rings. The third-order valence-electron chi connectivity index (χ3n) is 2.98. The number of ether oxygens (including phenoxy) is 1. The van der Waals surface area contributed by atoms with Gasteiger partial charge in [0.1, 0.15) is 0 Å². The van der Waals surface area contributed by atoms with E-state index in [0.29, 0.717) is 6.61 Å². The van der Waals surface area contributed by atoms with Gasteiger partial charge in [-0.3, -0.25) is 4.79 Å². The zero-order valence-corrected chi connectivity index (χ0v) is 11.0. The molecule has 2 rings (SSSR count). The normalized spacial score (nSPS) is 19.9. The van der Waals surface area contributed by atoms with Crippen LogP contribution in [0.5, 0.6) is 0 Å². The van der Waals surface area contributed by atoms with Crippen molar-refractivity contribution in [2.75, 3.05) is 6.61 Å². The number of nitrogens with zero attached hydrogens (tertiary/aromatic N) is 1. The van der Waals surface area contributed by atoms with E-state index in [-0.39, 0.29) is 11.9 Å². The van der Waals surface area contributed by atoms with E-state index in [1.165, 1.54) is 5.57 Å². The summed E-state index contributed by atoms with van der Waals surface area (Å²) < 4.78 is 5.04. The van der Waals surface area contributed by atoms with E-state index >= 15 is 0 Å². The molecule has 3 nitrogen and oxygen atoms in total. The van der Waals surface area contributed by atoms with Gasteiger partial charge in [0.25, 0.3) is 0 Å². The maximum absolute atomic E-state index is 11.6. The first-order valence-corrected chi connectivity index (χ1v) is 6.87.